The molecule has 29 heavy (non-hydrogen) atoms. The molecule has 7 heteroatoms. The van der Waals surface area contributed by atoms with Gasteiger partial charge in [0, 0.05) is 11.8 Å². The minimum Gasteiger partial charge on any atom is -0.507 e. The smallest absolute Gasteiger partial charge is 0.295 e. The number of pyridine rings is 1. The number of ether oxygens (including phenoxy) is 1. The highest BCUT2D eigenvalue weighted by atomic mass is 16.5. The zero-order valence-corrected chi connectivity index (χ0v) is 16.9. The SMILES string of the molecule is CCOc1ccc(C(O)=C2C(=O)C(=O)N(CC[NH+](C)C)[C@@H]2c2ccccn2)cc1. The molecule has 1 saturated heterocycles. The van der Waals surface area contributed by atoms with Crippen LogP contribution in [-0.2, 0) is 9.59 Å². The zero-order valence-electron chi connectivity index (χ0n) is 16.9. The van der Waals surface area contributed by atoms with Gasteiger partial charge in [0.25, 0.3) is 11.7 Å². The van der Waals surface area contributed by atoms with Gasteiger partial charge < -0.3 is 19.6 Å². The van der Waals surface area contributed by atoms with Crippen molar-refractivity contribution in [3.63, 3.8) is 0 Å². The van der Waals surface area contributed by atoms with Crippen molar-refractivity contribution in [1.82, 2.24) is 9.88 Å². The lowest BCUT2D eigenvalue weighted by Gasteiger charge is -2.24. The molecule has 1 atom stereocenters. The number of nitrogens with zero attached hydrogens (tertiary/aromatic N) is 2. The van der Waals surface area contributed by atoms with E-state index in [0.717, 1.165) is 4.90 Å². The second kappa shape index (κ2) is 8.87. The van der Waals surface area contributed by atoms with Crippen LogP contribution in [-0.4, -0.2) is 60.5 Å². The normalized spacial score (nSPS) is 18.5. The van der Waals surface area contributed by atoms with E-state index in [2.05, 4.69) is 4.98 Å². The minimum atomic E-state index is -0.720. The van der Waals surface area contributed by atoms with E-state index in [-0.39, 0.29) is 11.3 Å². The van der Waals surface area contributed by atoms with Crippen LogP contribution in [0.2, 0.25) is 0 Å². The number of likely N-dealkylation sites (N-methyl/N-ethyl adjacent to an activating group) is 1. The lowest BCUT2D eigenvalue weighted by molar-refractivity contribution is -0.857. The Morgan fingerprint density at radius 1 is 1.17 bits per heavy atom. The fourth-order valence-electron chi connectivity index (χ4n) is 3.33. The number of carbonyl (C=O) groups is 2. The highest BCUT2D eigenvalue weighted by molar-refractivity contribution is 6.46. The predicted octanol–water partition coefficient (Wildman–Crippen LogP) is 1.05. The lowest BCUT2D eigenvalue weighted by atomic mass is 9.98. The number of hydrogen-bond acceptors (Lipinski definition) is 5. The average molecular weight is 396 g/mol. The molecule has 1 aromatic heterocycles. The Hall–Kier alpha value is -3.19. The highest BCUT2D eigenvalue weighted by Gasteiger charge is 2.46. The number of aromatic nitrogens is 1. The van der Waals surface area contributed by atoms with Crippen molar-refractivity contribution in [3.05, 3.63) is 65.5 Å². The third-order valence-electron chi connectivity index (χ3n) is 4.80. The lowest BCUT2D eigenvalue weighted by Crippen LogP contribution is -3.06. The number of rotatable bonds is 7. The number of benzene rings is 1. The largest absolute Gasteiger partial charge is 0.507 e. The molecule has 2 heterocycles. The third kappa shape index (κ3) is 4.30. The van der Waals surface area contributed by atoms with Gasteiger partial charge in [-0.1, -0.05) is 6.07 Å². The number of hydrogen-bond donors (Lipinski definition) is 2. The molecule has 7 nitrogen and oxygen atoms in total. The summed E-state index contributed by atoms with van der Waals surface area (Å²) >= 11 is 0. The number of amides is 1. The summed E-state index contributed by atoms with van der Waals surface area (Å²) in [5.74, 6) is -0.850. The van der Waals surface area contributed by atoms with E-state index in [1.165, 1.54) is 4.90 Å². The Labute approximate surface area is 170 Å². The molecule has 1 aromatic carbocycles. The van der Waals surface area contributed by atoms with Crippen LogP contribution in [0.25, 0.3) is 5.76 Å². The molecule has 152 valence electrons. The molecule has 0 radical (unpaired) electrons. The van der Waals surface area contributed by atoms with Crippen molar-refractivity contribution in [1.29, 1.82) is 0 Å². The van der Waals surface area contributed by atoms with E-state index in [4.69, 9.17) is 4.74 Å². The maximum Gasteiger partial charge on any atom is 0.295 e. The Bertz CT molecular complexity index is 907. The number of Topliss-reactive ketones (excluding diaryl/α,β-unsaturated/α-hetero) is 1. The number of nitrogens with one attached hydrogen (secondary N) is 1. The van der Waals surface area contributed by atoms with E-state index < -0.39 is 17.7 Å². The molecular weight excluding hydrogens is 370 g/mol. The molecule has 0 spiro atoms. The number of ketones is 1. The van der Waals surface area contributed by atoms with Gasteiger partial charge in [-0.05, 0) is 43.3 Å². The van der Waals surface area contributed by atoms with Crippen molar-refractivity contribution in [2.24, 2.45) is 0 Å². The first-order valence-corrected chi connectivity index (χ1v) is 9.65. The van der Waals surface area contributed by atoms with Crippen molar-refractivity contribution >= 4 is 17.4 Å². The number of aliphatic hydroxyl groups excluding tert-OH is 1. The van der Waals surface area contributed by atoms with Crippen LogP contribution < -0.4 is 9.64 Å². The van der Waals surface area contributed by atoms with Gasteiger partial charge in [0.15, 0.2) is 0 Å². The molecule has 2 N–H and O–H groups in total. The molecule has 0 unspecified atom stereocenters. The van der Waals surface area contributed by atoms with Crippen LogP contribution in [0, 0.1) is 0 Å². The quantitative estimate of drug-likeness (QED) is 0.415. The Morgan fingerprint density at radius 3 is 2.48 bits per heavy atom. The summed E-state index contributed by atoms with van der Waals surface area (Å²) in [7, 11) is 3.96. The molecule has 1 fully saturated rings. The predicted molar refractivity (Wildman–Crippen MR) is 109 cm³/mol. The molecule has 0 bridgehead atoms. The monoisotopic (exact) mass is 396 g/mol. The van der Waals surface area contributed by atoms with Crippen molar-refractivity contribution in [3.8, 4) is 5.75 Å². The van der Waals surface area contributed by atoms with Crippen LogP contribution in [0.3, 0.4) is 0 Å². The maximum absolute atomic E-state index is 12.9. The summed E-state index contributed by atoms with van der Waals surface area (Å²) in [5.41, 5.74) is 1.06. The van der Waals surface area contributed by atoms with Gasteiger partial charge in [-0.15, -0.1) is 0 Å². The van der Waals surface area contributed by atoms with E-state index in [1.54, 1.807) is 48.7 Å². The number of likely N-dealkylation sites (tertiary alicyclic amines) is 1. The standard InChI is InChI=1S/C22H25N3O4/c1-4-29-16-10-8-15(9-11-16)20(26)18-19(17-7-5-6-12-23-17)25(14-13-24(2)3)22(28)21(18)27/h5-12,19,26H,4,13-14H2,1-3H3/p+1/t19-/m1/s1. The van der Waals surface area contributed by atoms with Crippen molar-refractivity contribution in [2.45, 2.75) is 13.0 Å². The second-order valence-corrected chi connectivity index (χ2v) is 7.16. The zero-order chi connectivity index (χ0) is 21.0. The van der Waals surface area contributed by atoms with Gasteiger partial charge in [-0.3, -0.25) is 14.6 Å². The number of aliphatic hydroxyl groups is 1. The van der Waals surface area contributed by atoms with Crippen LogP contribution in [0.1, 0.15) is 24.2 Å². The first-order valence-electron chi connectivity index (χ1n) is 9.65. The molecule has 0 saturated carbocycles. The minimum absolute atomic E-state index is 0.0617. The molecule has 1 aliphatic rings. The van der Waals surface area contributed by atoms with Crippen LogP contribution in [0.15, 0.2) is 54.2 Å². The number of quaternary nitrogens is 1. The van der Waals surface area contributed by atoms with E-state index in [1.807, 2.05) is 21.0 Å². The summed E-state index contributed by atoms with van der Waals surface area (Å²) in [6.07, 6.45) is 1.61. The van der Waals surface area contributed by atoms with E-state index >= 15 is 0 Å². The van der Waals surface area contributed by atoms with Crippen LogP contribution >= 0.6 is 0 Å². The molecule has 1 amide bonds. The van der Waals surface area contributed by atoms with Gasteiger partial charge in [-0.2, -0.15) is 0 Å². The van der Waals surface area contributed by atoms with Gasteiger partial charge in [0.2, 0.25) is 0 Å². The fourth-order valence-corrected chi connectivity index (χ4v) is 3.33. The number of carbonyl (C=O) groups excluding carboxylic acids is 2. The molecule has 1 aliphatic heterocycles. The third-order valence-corrected chi connectivity index (χ3v) is 4.80. The summed E-state index contributed by atoms with van der Waals surface area (Å²) in [6.45, 7) is 3.47. The van der Waals surface area contributed by atoms with Gasteiger partial charge in [0.05, 0.1) is 45.1 Å². The summed E-state index contributed by atoms with van der Waals surface area (Å²) < 4.78 is 5.43. The average Bonchev–Trinajstić information content (AvgIpc) is 2.98. The summed E-state index contributed by atoms with van der Waals surface area (Å²) in [4.78, 5) is 32.6. The first kappa shape index (κ1) is 20.5. The van der Waals surface area contributed by atoms with Crippen molar-refractivity contribution < 1.29 is 24.3 Å². The second-order valence-electron chi connectivity index (χ2n) is 7.16. The van der Waals surface area contributed by atoms with Gasteiger partial charge >= 0.3 is 0 Å². The highest BCUT2D eigenvalue weighted by Crippen LogP contribution is 2.38. The Kier molecular flexibility index (Phi) is 6.29. The molecule has 3 rings (SSSR count). The topological polar surface area (TPSA) is 84.2 Å². The van der Waals surface area contributed by atoms with Crippen LogP contribution in [0.4, 0.5) is 0 Å². The van der Waals surface area contributed by atoms with Gasteiger partial charge in [-0.25, -0.2) is 0 Å². The summed E-state index contributed by atoms with van der Waals surface area (Å²) in [6, 6.07) is 11.4. The van der Waals surface area contributed by atoms with Gasteiger partial charge in [0.1, 0.15) is 17.6 Å². The van der Waals surface area contributed by atoms with E-state index in [0.29, 0.717) is 36.7 Å². The Balaban J connectivity index is 2.07. The maximum atomic E-state index is 12.9. The first-order chi connectivity index (χ1) is 13.9. The molecular formula is C22H26N3O4+. The summed E-state index contributed by atoms with van der Waals surface area (Å²) in [5, 5.41) is 11.0. The fraction of sp³-hybridized carbons (Fsp3) is 0.318. The molecule has 0 aliphatic carbocycles. The Morgan fingerprint density at radius 2 is 1.90 bits per heavy atom. The molecule has 2 aromatic rings. The van der Waals surface area contributed by atoms with Crippen LogP contribution in [0.5, 0.6) is 5.75 Å². The van der Waals surface area contributed by atoms with Crippen molar-refractivity contribution in [2.75, 3.05) is 33.8 Å². The van der Waals surface area contributed by atoms with E-state index in [9.17, 15) is 14.7 Å².